The Balaban J connectivity index is 1.67. The molecule has 1 saturated heterocycles. The smallest absolute Gasteiger partial charge is 0.274 e. The number of halogens is 2. The predicted molar refractivity (Wildman–Crippen MR) is 141 cm³/mol. The van der Waals surface area contributed by atoms with Crippen LogP contribution in [0.4, 0.5) is 14.5 Å². The lowest BCUT2D eigenvalue weighted by molar-refractivity contribution is -0.0905. The van der Waals surface area contributed by atoms with Gasteiger partial charge in [-0.2, -0.15) is 0 Å². The van der Waals surface area contributed by atoms with E-state index >= 15 is 0 Å². The SMILES string of the molecule is CNCC#Cc1cc2[nH]c(O)c(C(=Nc3ccccc3)c3ccccc3)c2cc1SN1CC(F)(F)C1. The average Bonchev–Trinajstić information content (AvgIpc) is 3.17. The van der Waals surface area contributed by atoms with Crippen LogP contribution in [0, 0.1) is 11.8 Å². The van der Waals surface area contributed by atoms with Crippen LogP contribution in [0.1, 0.15) is 16.7 Å². The lowest BCUT2D eigenvalue weighted by Crippen LogP contribution is -2.52. The van der Waals surface area contributed by atoms with Crippen molar-refractivity contribution in [3.63, 3.8) is 0 Å². The molecule has 3 aromatic carbocycles. The molecule has 5 nitrogen and oxygen atoms in total. The van der Waals surface area contributed by atoms with E-state index in [1.165, 1.54) is 11.9 Å². The Morgan fingerprint density at radius 1 is 1.11 bits per heavy atom. The van der Waals surface area contributed by atoms with Gasteiger partial charge in [0.25, 0.3) is 5.92 Å². The number of H-pyrrole nitrogens is 1. The van der Waals surface area contributed by atoms with Crippen LogP contribution in [0.5, 0.6) is 5.88 Å². The van der Waals surface area contributed by atoms with E-state index in [2.05, 4.69) is 22.1 Å². The van der Waals surface area contributed by atoms with Crippen LogP contribution in [0.15, 0.2) is 82.7 Å². The van der Waals surface area contributed by atoms with Crippen molar-refractivity contribution >= 4 is 34.2 Å². The minimum Gasteiger partial charge on any atom is -0.494 e. The lowest BCUT2D eigenvalue weighted by Gasteiger charge is -2.37. The first-order valence-corrected chi connectivity index (χ1v) is 12.2. The molecular formula is C28H24F2N4OS. The summed E-state index contributed by atoms with van der Waals surface area (Å²) in [6.45, 7) is -0.128. The van der Waals surface area contributed by atoms with Gasteiger partial charge in [-0.25, -0.2) is 18.1 Å². The van der Waals surface area contributed by atoms with E-state index in [1.807, 2.05) is 79.8 Å². The highest BCUT2D eigenvalue weighted by Crippen LogP contribution is 2.40. The minimum atomic E-state index is -2.67. The van der Waals surface area contributed by atoms with Crippen LogP contribution >= 0.6 is 11.9 Å². The average molecular weight is 503 g/mol. The molecule has 8 heteroatoms. The highest BCUT2D eigenvalue weighted by molar-refractivity contribution is 7.97. The number of aliphatic imine (C=N–C) groups is 1. The number of hydrogen-bond acceptors (Lipinski definition) is 5. The van der Waals surface area contributed by atoms with Gasteiger partial charge in [0, 0.05) is 21.4 Å². The lowest BCUT2D eigenvalue weighted by atomic mass is 10.00. The van der Waals surface area contributed by atoms with E-state index in [9.17, 15) is 13.9 Å². The van der Waals surface area contributed by atoms with Crippen molar-refractivity contribution in [3.05, 3.63) is 89.5 Å². The molecule has 4 aromatic rings. The summed E-state index contributed by atoms with van der Waals surface area (Å²) in [4.78, 5) is 8.69. The molecule has 36 heavy (non-hydrogen) atoms. The zero-order chi connectivity index (χ0) is 25.1. The number of alkyl halides is 2. The van der Waals surface area contributed by atoms with Gasteiger partial charge < -0.3 is 15.4 Å². The number of nitrogens with one attached hydrogen (secondary N) is 2. The number of hydrogen-bond donors (Lipinski definition) is 3. The van der Waals surface area contributed by atoms with Gasteiger partial charge in [-0.1, -0.05) is 60.4 Å². The molecule has 0 bridgehead atoms. The van der Waals surface area contributed by atoms with E-state index in [0.29, 0.717) is 28.9 Å². The molecule has 0 aliphatic carbocycles. The molecule has 0 unspecified atom stereocenters. The standard InChI is InChI=1S/C28H24F2N4OS/c1-31-14-8-11-20-15-23-22(16-24(20)36-34-17-28(29,30)18-34)25(27(35)33-23)26(19-9-4-2-5-10-19)32-21-12-6-3-7-13-21/h2-7,9-10,12-13,15-16,31,33,35H,14,17-18H2,1H3. The number of benzene rings is 3. The maximum absolute atomic E-state index is 13.5. The molecule has 1 fully saturated rings. The first-order valence-electron chi connectivity index (χ1n) is 11.5. The van der Waals surface area contributed by atoms with Gasteiger partial charge in [0.1, 0.15) is 0 Å². The predicted octanol–water partition coefficient (Wildman–Crippen LogP) is 5.57. The van der Waals surface area contributed by atoms with Gasteiger partial charge in [0.15, 0.2) is 5.88 Å². The zero-order valence-electron chi connectivity index (χ0n) is 19.6. The zero-order valence-corrected chi connectivity index (χ0v) is 20.4. The molecule has 0 amide bonds. The van der Waals surface area contributed by atoms with Gasteiger partial charge in [-0.15, -0.1) is 0 Å². The van der Waals surface area contributed by atoms with Gasteiger partial charge in [0.2, 0.25) is 0 Å². The van der Waals surface area contributed by atoms with E-state index in [-0.39, 0.29) is 19.0 Å². The van der Waals surface area contributed by atoms with Crippen LogP contribution < -0.4 is 5.32 Å². The van der Waals surface area contributed by atoms with Gasteiger partial charge in [0.05, 0.1) is 42.1 Å². The molecule has 0 atom stereocenters. The summed E-state index contributed by atoms with van der Waals surface area (Å²) in [6, 6.07) is 22.9. The summed E-state index contributed by atoms with van der Waals surface area (Å²) in [5.74, 6) is 3.48. The monoisotopic (exact) mass is 502 g/mol. The topological polar surface area (TPSA) is 63.6 Å². The van der Waals surface area contributed by atoms with Crippen molar-refractivity contribution in [1.82, 2.24) is 14.6 Å². The summed E-state index contributed by atoms with van der Waals surface area (Å²) in [5, 5.41) is 14.8. The number of fused-ring (bicyclic) bond motifs is 1. The molecule has 1 aliphatic rings. The number of aromatic hydroxyl groups is 1. The van der Waals surface area contributed by atoms with Crippen LogP contribution in [0.2, 0.25) is 0 Å². The fourth-order valence-corrected chi connectivity index (χ4v) is 5.18. The third-order valence-electron chi connectivity index (χ3n) is 5.69. The van der Waals surface area contributed by atoms with E-state index in [4.69, 9.17) is 4.99 Å². The first kappa shape index (κ1) is 24.1. The third-order valence-corrected chi connectivity index (χ3v) is 6.74. The second kappa shape index (κ2) is 10.2. The highest BCUT2D eigenvalue weighted by Gasteiger charge is 2.44. The fraction of sp³-hybridized carbons (Fsp3) is 0.179. The molecule has 0 spiro atoms. The Hall–Kier alpha value is -3.64. The molecule has 1 aliphatic heterocycles. The largest absolute Gasteiger partial charge is 0.494 e. The number of para-hydroxylation sites is 1. The molecule has 2 heterocycles. The Morgan fingerprint density at radius 2 is 1.81 bits per heavy atom. The molecule has 182 valence electrons. The van der Waals surface area contributed by atoms with Crippen LogP contribution in [-0.4, -0.2) is 52.7 Å². The van der Waals surface area contributed by atoms with Crippen LogP contribution in [0.25, 0.3) is 10.9 Å². The van der Waals surface area contributed by atoms with Crippen molar-refractivity contribution in [2.75, 3.05) is 26.7 Å². The third kappa shape index (κ3) is 5.14. The quantitative estimate of drug-likeness (QED) is 0.183. The second-order valence-electron chi connectivity index (χ2n) is 8.48. The van der Waals surface area contributed by atoms with E-state index < -0.39 is 5.92 Å². The van der Waals surface area contributed by atoms with Crippen molar-refractivity contribution in [2.24, 2.45) is 4.99 Å². The summed E-state index contributed by atoms with van der Waals surface area (Å²) < 4.78 is 28.6. The minimum absolute atomic E-state index is 0.0182. The molecule has 0 radical (unpaired) electrons. The number of aromatic nitrogens is 1. The summed E-state index contributed by atoms with van der Waals surface area (Å²) in [5.41, 5.74) is 4.12. The summed E-state index contributed by atoms with van der Waals surface area (Å²) >= 11 is 1.26. The summed E-state index contributed by atoms with van der Waals surface area (Å²) in [7, 11) is 1.81. The van der Waals surface area contributed by atoms with Crippen molar-refractivity contribution in [2.45, 2.75) is 10.8 Å². The van der Waals surface area contributed by atoms with Gasteiger partial charge in [-0.05, 0) is 43.3 Å². The van der Waals surface area contributed by atoms with Gasteiger partial charge >= 0.3 is 0 Å². The van der Waals surface area contributed by atoms with E-state index in [1.54, 1.807) is 4.31 Å². The molecular weight excluding hydrogens is 478 g/mol. The molecule has 1 aromatic heterocycles. The van der Waals surface area contributed by atoms with Crippen molar-refractivity contribution in [3.8, 4) is 17.7 Å². The first-order chi connectivity index (χ1) is 17.4. The molecule has 5 rings (SSSR count). The Morgan fingerprint density at radius 3 is 2.47 bits per heavy atom. The number of rotatable bonds is 6. The number of aromatic amines is 1. The summed E-state index contributed by atoms with van der Waals surface area (Å²) in [6.07, 6.45) is 0. The van der Waals surface area contributed by atoms with Crippen LogP contribution in [0.3, 0.4) is 0 Å². The van der Waals surface area contributed by atoms with E-state index in [0.717, 1.165) is 21.5 Å². The molecule has 3 N–H and O–H groups in total. The second-order valence-corrected chi connectivity index (χ2v) is 9.62. The van der Waals surface area contributed by atoms with Crippen molar-refractivity contribution in [1.29, 1.82) is 0 Å². The Kier molecular flexibility index (Phi) is 6.79. The van der Waals surface area contributed by atoms with Gasteiger partial charge in [-0.3, -0.25) is 0 Å². The highest BCUT2D eigenvalue weighted by atomic mass is 32.2. The van der Waals surface area contributed by atoms with Crippen molar-refractivity contribution < 1.29 is 13.9 Å². The molecule has 0 saturated carbocycles. The maximum Gasteiger partial charge on any atom is 0.274 e. The normalized spacial score (nSPS) is 15.4. The Bertz CT molecular complexity index is 1470. The Labute approximate surface area is 212 Å². The number of nitrogens with zero attached hydrogens (tertiary/aromatic N) is 2. The maximum atomic E-state index is 13.5. The van der Waals surface area contributed by atoms with Crippen LogP contribution in [-0.2, 0) is 0 Å². The fourth-order valence-electron chi connectivity index (χ4n) is 4.01.